The molecule has 0 radical (unpaired) electrons. The Morgan fingerprint density at radius 1 is 1.12 bits per heavy atom. The average molecular weight is 575 g/mol. The molecule has 0 unspecified atom stereocenters. The molecule has 2 N–H and O–H groups in total. The maximum atomic E-state index is 6.62. The molecule has 1 saturated carbocycles. The highest BCUT2D eigenvalue weighted by Gasteiger charge is 2.36. The van der Waals surface area contributed by atoms with Crippen LogP contribution in [0.25, 0.3) is 0 Å². The van der Waals surface area contributed by atoms with Crippen LogP contribution in [0, 0.1) is 0 Å². The van der Waals surface area contributed by atoms with Crippen molar-refractivity contribution >= 4 is 41.5 Å². The van der Waals surface area contributed by atoms with E-state index in [0.29, 0.717) is 6.04 Å². The molecule has 2 aliphatic heterocycles. The van der Waals surface area contributed by atoms with Crippen LogP contribution in [-0.4, -0.2) is 62.3 Å². The van der Waals surface area contributed by atoms with Gasteiger partial charge in [-0.05, 0) is 57.1 Å². The molecule has 0 bridgehead atoms. The predicted molar refractivity (Wildman–Crippen MR) is 145 cm³/mol. The zero-order chi connectivity index (χ0) is 21.5. The predicted octanol–water partition coefficient (Wildman–Crippen LogP) is 4.97. The lowest BCUT2D eigenvalue weighted by Crippen LogP contribution is -2.50. The molecule has 5 nitrogen and oxygen atoms in total. The highest BCUT2D eigenvalue weighted by atomic mass is 127. The van der Waals surface area contributed by atoms with Crippen molar-refractivity contribution in [3.05, 3.63) is 34.9 Å². The molecule has 1 aliphatic carbocycles. The van der Waals surface area contributed by atoms with Crippen LogP contribution < -0.4 is 10.6 Å². The van der Waals surface area contributed by atoms with Gasteiger partial charge in [-0.2, -0.15) is 0 Å². The fourth-order valence-electron chi connectivity index (χ4n) is 5.59. The van der Waals surface area contributed by atoms with E-state index in [2.05, 4.69) is 34.6 Å². The van der Waals surface area contributed by atoms with Crippen LogP contribution in [0.2, 0.25) is 5.02 Å². The van der Waals surface area contributed by atoms with Gasteiger partial charge in [0.2, 0.25) is 0 Å². The van der Waals surface area contributed by atoms with Crippen molar-refractivity contribution in [1.29, 1.82) is 0 Å². The van der Waals surface area contributed by atoms with E-state index in [4.69, 9.17) is 21.3 Å². The first-order chi connectivity index (χ1) is 15.2. The standard InChI is InChI=1S/C25H39ClN4O.HI/c1-2-27-24(29-20-11-15-30(16-12-20)21-7-3-4-8-21)28-19-25(13-17-31-18-14-25)22-9-5-6-10-23(22)26;/h5-6,9-10,20-21H,2-4,7-8,11-19H2,1H3,(H2,27,28,29);1H. The molecule has 4 rings (SSSR count). The smallest absolute Gasteiger partial charge is 0.191 e. The highest BCUT2D eigenvalue weighted by molar-refractivity contribution is 14.0. The summed E-state index contributed by atoms with van der Waals surface area (Å²) in [4.78, 5) is 7.81. The van der Waals surface area contributed by atoms with E-state index in [-0.39, 0.29) is 29.4 Å². The fourth-order valence-corrected chi connectivity index (χ4v) is 5.92. The minimum atomic E-state index is -0.0508. The first kappa shape index (κ1) is 26.0. The van der Waals surface area contributed by atoms with Gasteiger partial charge in [0.15, 0.2) is 5.96 Å². The monoisotopic (exact) mass is 574 g/mol. The Morgan fingerprint density at radius 3 is 2.47 bits per heavy atom. The van der Waals surface area contributed by atoms with E-state index in [1.165, 1.54) is 57.2 Å². The number of hydrogen-bond donors (Lipinski definition) is 2. The van der Waals surface area contributed by atoms with E-state index in [0.717, 1.165) is 56.2 Å². The van der Waals surface area contributed by atoms with Crippen molar-refractivity contribution in [3.63, 3.8) is 0 Å². The average Bonchev–Trinajstić information content (AvgIpc) is 3.34. The summed E-state index contributed by atoms with van der Waals surface area (Å²) in [6.07, 6.45) is 9.94. The molecule has 2 heterocycles. The topological polar surface area (TPSA) is 48.9 Å². The van der Waals surface area contributed by atoms with Crippen molar-refractivity contribution < 1.29 is 4.74 Å². The van der Waals surface area contributed by atoms with Crippen LogP contribution >= 0.6 is 35.6 Å². The van der Waals surface area contributed by atoms with Gasteiger partial charge < -0.3 is 20.3 Å². The molecule has 1 aromatic rings. The normalized spacial score (nSPS) is 23.0. The maximum Gasteiger partial charge on any atom is 0.191 e. The number of ether oxygens (including phenoxy) is 1. The lowest BCUT2D eigenvalue weighted by atomic mass is 9.74. The first-order valence-electron chi connectivity index (χ1n) is 12.3. The van der Waals surface area contributed by atoms with Gasteiger partial charge in [0.1, 0.15) is 0 Å². The first-order valence-corrected chi connectivity index (χ1v) is 12.7. The van der Waals surface area contributed by atoms with Crippen LogP contribution in [0.4, 0.5) is 0 Å². The number of piperidine rings is 1. The minimum Gasteiger partial charge on any atom is -0.381 e. The van der Waals surface area contributed by atoms with Gasteiger partial charge in [-0.25, -0.2) is 0 Å². The fraction of sp³-hybridized carbons (Fsp3) is 0.720. The Hall–Kier alpha value is -0.570. The second-order valence-corrected chi connectivity index (χ2v) is 9.87. The van der Waals surface area contributed by atoms with Crippen LogP contribution in [0.1, 0.15) is 63.9 Å². The summed E-state index contributed by atoms with van der Waals surface area (Å²) in [6.45, 7) is 7.70. The van der Waals surface area contributed by atoms with Crippen LogP contribution in [0.15, 0.2) is 29.3 Å². The molecule has 180 valence electrons. The molecular formula is C25H40ClIN4O. The van der Waals surface area contributed by atoms with E-state index in [1.807, 2.05) is 12.1 Å². The summed E-state index contributed by atoms with van der Waals surface area (Å²) >= 11 is 6.62. The van der Waals surface area contributed by atoms with E-state index in [9.17, 15) is 0 Å². The number of nitrogens with zero attached hydrogens (tertiary/aromatic N) is 2. The zero-order valence-electron chi connectivity index (χ0n) is 19.5. The third-order valence-electron chi connectivity index (χ3n) is 7.49. The molecule has 3 fully saturated rings. The molecule has 2 saturated heterocycles. The second kappa shape index (κ2) is 12.8. The summed E-state index contributed by atoms with van der Waals surface area (Å²) in [5.41, 5.74) is 1.16. The van der Waals surface area contributed by atoms with Crippen LogP contribution in [0.3, 0.4) is 0 Å². The maximum absolute atomic E-state index is 6.62. The second-order valence-electron chi connectivity index (χ2n) is 9.46. The van der Waals surface area contributed by atoms with Crippen LogP contribution in [-0.2, 0) is 10.2 Å². The molecular weight excluding hydrogens is 535 g/mol. The summed E-state index contributed by atoms with van der Waals surface area (Å²) < 4.78 is 5.69. The third-order valence-corrected chi connectivity index (χ3v) is 7.82. The van der Waals surface area contributed by atoms with Gasteiger partial charge in [0.05, 0.1) is 6.54 Å². The SMILES string of the molecule is CCNC(=NCC1(c2ccccc2Cl)CCOCC1)NC1CCN(C2CCCC2)CC1.I. The van der Waals surface area contributed by atoms with Gasteiger partial charge in [-0.15, -0.1) is 24.0 Å². The Bertz CT molecular complexity index is 726. The van der Waals surface area contributed by atoms with Gasteiger partial charge in [-0.1, -0.05) is 42.6 Å². The number of benzene rings is 1. The molecule has 7 heteroatoms. The van der Waals surface area contributed by atoms with Crippen molar-refractivity contribution in [2.24, 2.45) is 4.99 Å². The molecule has 0 spiro atoms. The van der Waals surface area contributed by atoms with Gasteiger partial charge in [0.25, 0.3) is 0 Å². The van der Waals surface area contributed by atoms with Crippen molar-refractivity contribution in [1.82, 2.24) is 15.5 Å². The molecule has 0 atom stereocenters. The van der Waals surface area contributed by atoms with Crippen molar-refractivity contribution in [2.75, 3.05) is 39.4 Å². The number of guanidine groups is 1. The Labute approximate surface area is 216 Å². The number of aliphatic imine (C=N–C) groups is 1. The Morgan fingerprint density at radius 2 is 1.81 bits per heavy atom. The van der Waals surface area contributed by atoms with Crippen molar-refractivity contribution in [2.45, 2.75) is 75.8 Å². The van der Waals surface area contributed by atoms with E-state index in [1.54, 1.807) is 0 Å². The van der Waals surface area contributed by atoms with Gasteiger partial charge >= 0.3 is 0 Å². The summed E-state index contributed by atoms with van der Waals surface area (Å²) in [6, 6.07) is 9.60. The molecule has 0 aromatic heterocycles. The summed E-state index contributed by atoms with van der Waals surface area (Å²) in [5.74, 6) is 0.944. The quantitative estimate of drug-likeness (QED) is 0.286. The molecule has 3 aliphatic rings. The Kier molecular flexibility index (Phi) is 10.4. The van der Waals surface area contributed by atoms with Gasteiger partial charge in [0, 0.05) is 55.4 Å². The Balaban J connectivity index is 0.00000289. The molecule has 1 aromatic carbocycles. The minimum absolute atomic E-state index is 0. The third kappa shape index (κ3) is 6.51. The van der Waals surface area contributed by atoms with Crippen molar-refractivity contribution in [3.8, 4) is 0 Å². The summed E-state index contributed by atoms with van der Waals surface area (Å²) in [7, 11) is 0. The number of rotatable bonds is 6. The lowest BCUT2D eigenvalue weighted by molar-refractivity contribution is 0.0531. The van der Waals surface area contributed by atoms with E-state index >= 15 is 0 Å². The highest BCUT2D eigenvalue weighted by Crippen LogP contribution is 2.39. The number of likely N-dealkylation sites (tertiary alicyclic amines) is 1. The number of nitrogens with one attached hydrogen (secondary N) is 2. The molecule has 0 amide bonds. The zero-order valence-corrected chi connectivity index (χ0v) is 22.5. The lowest BCUT2D eigenvalue weighted by Gasteiger charge is -2.38. The summed E-state index contributed by atoms with van der Waals surface area (Å²) in [5, 5.41) is 8.06. The van der Waals surface area contributed by atoms with Gasteiger partial charge in [-0.3, -0.25) is 4.99 Å². The molecule has 32 heavy (non-hydrogen) atoms. The number of halogens is 2. The number of hydrogen-bond acceptors (Lipinski definition) is 3. The van der Waals surface area contributed by atoms with E-state index < -0.39 is 0 Å². The largest absolute Gasteiger partial charge is 0.381 e. The van der Waals surface area contributed by atoms with Crippen LogP contribution in [0.5, 0.6) is 0 Å².